The Hall–Kier alpha value is -4.50. The van der Waals surface area contributed by atoms with Gasteiger partial charge in [-0.15, -0.1) is 0 Å². The SMILES string of the molecule is CCOC(=O)C1=C(C)N=c2s/c(=C\c3ccc(-c4ccc(C(=O)OCC)cc4)o3)c(=O)n2[C@@H]1c1ccc(C(C)C)cc1. The van der Waals surface area contributed by atoms with Crippen molar-refractivity contribution in [2.75, 3.05) is 13.2 Å². The molecular weight excluding hydrogens is 552 g/mol. The molecule has 1 aliphatic rings. The van der Waals surface area contributed by atoms with Gasteiger partial charge >= 0.3 is 11.9 Å². The number of hydrogen-bond donors (Lipinski definition) is 0. The van der Waals surface area contributed by atoms with Gasteiger partial charge < -0.3 is 13.9 Å². The van der Waals surface area contributed by atoms with Crippen molar-refractivity contribution in [2.24, 2.45) is 4.99 Å². The smallest absolute Gasteiger partial charge is 0.338 e. The third kappa shape index (κ3) is 5.65. The van der Waals surface area contributed by atoms with Gasteiger partial charge in [-0.3, -0.25) is 9.36 Å². The van der Waals surface area contributed by atoms with Crippen molar-refractivity contribution in [1.29, 1.82) is 0 Å². The predicted molar refractivity (Wildman–Crippen MR) is 161 cm³/mol. The lowest BCUT2D eigenvalue weighted by Crippen LogP contribution is -2.39. The Labute approximate surface area is 247 Å². The molecule has 0 fully saturated rings. The number of allylic oxidation sites excluding steroid dienone is 1. The highest BCUT2D eigenvalue weighted by Crippen LogP contribution is 2.31. The summed E-state index contributed by atoms with van der Waals surface area (Å²) >= 11 is 1.24. The predicted octanol–water partition coefficient (Wildman–Crippen LogP) is 5.36. The molecule has 0 saturated carbocycles. The standard InChI is InChI=1S/C33H32N2O6S/c1-6-39-31(37)24-14-10-22(11-15-24)26-17-16-25(41-26)18-27-30(36)35-29(23-12-8-21(9-13-23)19(3)4)28(32(38)40-7-2)20(5)34-33(35)42-27/h8-19,29H,6-7H2,1-5H3/b27-18-/t29-/m1/s1. The number of rotatable bonds is 8. The number of nitrogens with zero attached hydrogens (tertiary/aromatic N) is 2. The fourth-order valence-corrected chi connectivity index (χ4v) is 5.90. The van der Waals surface area contributed by atoms with Crippen molar-refractivity contribution >= 4 is 29.4 Å². The Morgan fingerprint density at radius 3 is 2.29 bits per heavy atom. The first-order valence-electron chi connectivity index (χ1n) is 13.9. The van der Waals surface area contributed by atoms with Gasteiger partial charge in [0.25, 0.3) is 5.56 Å². The molecule has 0 amide bonds. The largest absolute Gasteiger partial charge is 0.463 e. The molecule has 0 spiro atoms. The van der Waals surface area contributed by atoms with Gasteiger partial charge in [0.15, 0.2) is 4.80 Å². The van der Waals surface area contributed by atoms with Crippen LogP contribution in [0.2, 0.25) is 0 Å². The summed E-state index contributed by atoms with van der Waals surface area (Å²) in [4.78, 5) is 44.1. The van der Waals surface area contributed by atoms with Crippen molar-refractivity contribution in [3.63, 3.8) is 0 Å². The molecule has 42 heavy (non-hydrogen) atoms. The van der Waals surface area contributed by atoms with Crippen LogP contribution in [-0.4, -0.2) is 29.7 Å². The molecule has 4 aromatic rings. The highest BCUT2D eigenvalue weighted by Gasteiger charge is 2.33. The van der Waals surface area contributed by atoms with Crippen molar-refractivity contribution in [3.8, 4) is 11.3 Å². The lowest BCUT2D eigenvalue weighted by atomic mass is 9.93. The van der Waals surface area contributed by atoms with Crippen molar-refractivity contribution in [3.05, 3.63) is 114 Å². The van der Waals surface area contributed by atoms with Crippen LogP contribution < -0.4 is 14.9 Å². The molecule has 0 aliphatic carbocycles. The molecule has 0 radical (unpaired) electrons. The monoisotopic (exact) mass is 584 g/mol. The minimum Gasteiger partial charge on any atom is -0.463 e. The maximum Gasteiger partial charge on any atom is 0.338 e. The summed E-state index contributed by atoms with van der Waals surface area (Å²) < 4.78 is 18.5. The van der Waals surface area contributed by atoms with Crippen molar-refractivity contribution < 1.29 is 23.5 Å². The highest BCUT2D eigenvalue weighted by molar-refractivity contribution is 7.07. The first kappa shape index (κ1) is 29.0. The Morgan fingerprint density at radius 2 is 1.64 bits per heavy atom. The van der Waals surface area contributed by atoms with E-state index in [4.69, 9.17) is 13.9 Å². The number of fused-ring (bicyclic) bond motifs is 1. The van der Waals surface area contributed by atoms with Gasteiger partial charge in [0.2, 0.25) is 0 Å². The number of thiazole rings is 1. The van der Waals surface area contributed by atoms with Gasteiger partial charge in [0.1, 0.15) is 11.5 Å². The van der Waals surface area contributed by atoms with E-state index in [1.165, 1.54) is 11.3 Å². The molecule has 0 bridgehead atoms. The summed E-state index contributed by atoms with van der Waals surface area (Å²) in [5.41, 5.74) is 3.79. The first-order chi connectivity index (χ1) is 20.2. The van der Waals surface area contributed by atoms with Crippen LogP contribution in [0, 0.1) is 0 Å². The Morgan fingerprint density at radius 1 is 0.976 bits per heavy atom. The lowest BCUT2D eigenvalue weighted by Gasteiger charge is -2.25. The summed E-state index contributed by atoms with van der Waals surface area (Å²) in [7, 11) is 0. The summed E-state index contributed by atoms with van der Waals surface area (Å²) in [6.07, 6.45) is 1.68. The maximum atomic E-state index is 13.9. The minimum atomic E-state index is -0.672. The van der Waals surface area contributed by atoms with Crippen LogP contribution in [0.15, 0.2) is 86.1 Å². The second-order valence-electron chi connectivity index (χ2n) is 10.1. The summed E-state index contributed by atoms with van der Waals surface area (Å²) in [5.74, 6) is 0.555. The van der Waals surface area contributed by atoms with Gasteiger partial charge in [0, 0.05) is 11.6 Å². The average molecular weight is 585 g/mol. The van der Waals surface area contributed by atoms with Gasteiger partial charge in [-0.1, -0.05) is 61.6 Å². The number of furan rings is 1. The Kier molecular flexibility index (Phi) is 8.40. The van der Waals surface area contributed by atoms with Gasteiger partial charge in [0.05, 0.1) is 40.6 Å². The molecule has 8 nitrogen and oxygen atoms in total. The Balaban J connectivity index is 1.55. The van der Waals surface area contributed by atoms with Crippen LogP contribution in [0.1, 0.15) is 73.8 Å². The number of benzene rings is 2. The van der Waals surface area contributed by atoms with E-state index in [-0.39, 0.29) is 18.1 Å². The van der Waals surface area contributed by atoms with Crippen molar-refractivity contribution in [2.45, 2.75) is 46.6 Å². The molecule has 0 saturated heterocycles. The molecule has 0 unspecified atom stereocenters. The van der Waals surface area contributed by atoms with E-state index < -0.39 is 12.0 Å². The molecule has 2 aromatic heterocycles. The minimum absolute atomic E-state index is 0.214. The Bertz CT molecular complexity index is 1840. The van der Waals surface area contributed by atoms with E-state index in [0.29, 0.717) is 50.2 Å². The molecule has 216 valence electrons. The van der Waals surface area contributed by atoms with E-state index in [1.807, 2.05) is 30.3 Å². The second kappa shape index (κ2) is 12.2. The van der Waals surface area contributed by atoms with Crippen LogP contribution in [0.25, 0.3) is 17.4 Å². The van der Waals surface area contributed by atoms with Gasteiger partial charge in [-0.25, -0.2) is 14.6 Å². The van der Waals surface area contributed by atoms with Crippen molar-refractivity contribution in [1.82, 2.24) is 4.57 Å². The van der Waals surface area contributed by atoms with Crippen LogP contribution in [0.4, 0.5) is 0 Å². The number of carbonyl (C=O) groups excluding carboxylic acids is 2. The van der Waals surface area contributed by atoms with E-state index in [1.54, 1.807) is 61.7 Å². The number of hydrogen-bond acceptors (Lipinski definition) is 8. The third-order valence-corrected chi connectivity index (χ3v) is 8.00. The van der Waals surface area contributed by atoms with E-state index in [9.17, 15) is 14.4 Å². The fraction of sp³-hybridized carbons (Fsp3) is 0.273. The number of aromatic nitrogens is 1. The summed E-state index contributed by atoms with van der Waals surface area (Å²) in [5, 5.41) is 0. The van der Waals surface area contributed by atoms with E-state index >= 15 is 0 Å². The van der Waals surface area contributed by atoms with Crippen LogP contribution in [-0.2, 0) is 14.3 Å². The average Bonchev–Trinajstić information content (AvgIpc) is 3.57. The molecule has 1 aliphatic heterocycles. The molecule has 2 aromatic carbocycles. The van der Waals surface area contributed by atoms with E-state index in [0.717, 1.165) is 16.7 Å². The third-order valence-electron chi connectivity index (χ3n) is 7.02. The van der Waals surface area contributed by atoms with Crippen LogP contribution in [0.5, 0.6) is 0 Å². The first-order valence-corrected chi connectivity index (χ1v) is 14.7. The summed E-state index contributed by atoms with van der Waals surface area (Å²) in [6, 6.07) is 17.8. The second-order valence-corrected chi connectivity index (χ2v) is 11.1. The fourth-order valence-electron chi connectivity index (χ4n) is 4.87. The van der Waals surface area contributed by atoms with E-state index in [2.05, 4.69) is 18.8 Å². The lowest BCUT2D eigenvalue weighted by molar-refractivity contribution is -0.139. The molecule has 5 rings (SSSR count). The zero-order valence-electron chi connectivity index (χ0n) is 24.2. The van der Waals surface area contributed by atoms with Crippen LogP contribution in [0.3, 0.4) is 0 Å². The topological polar surface area (TPSA) is 100 Å². The highest BCUT2D eigenvalue weighted by atomic mass is 32.1. The molecule has 3 heterocycles. The number of carbonyl (C=O) groups is 2. The normalized spacial score (nSPS) is 15.0. The molecule has 9 heteroatoms. The summed E-state index contributed by atoms with van der Waals surface area (Å²) in [6.45, 7) is 10.0. The van der Waals surface area contributed by atoms with Gasteiger partial charge in [-0.05, 0) is 62.1 Å². The maximum absolute atomic E-state index is 13.9. The quantitative estimate of drug-likeness (QED) is 0.259. The molecular formula is C33H32N2O6S. The molecule has 0 N–H and O–H groups in total. The number of esters is 2. The zero-order chi connectivity index (χ0) is 30.0. The van der Waals surface area contributed by atoms with Crippen LogP contribution >= 0.6 is 11.3 Å². The number of ether oxygens (including phenoxy) is 2. The molecule has 1 atom stereocenters. The zero-order valence-corrected chi connectivity index (χ0v) is 25.0. The van der Waals surface area contributed by atoms with Gasteiger partial charge in [-0.2, -0.15) is 0 Å².